The van der Waals surface area contributed by atoms with Gasteiger partial charge in [-0.2, -0.15) is 0 Å². The molecule has 0 aliphatic rings. The number of guanidine groups is 1. The number of hydrogen-bond donors (Lipinski definition) is 3. The highest BCUT2D eigenvalue weighted by molar-refractivity contribution is 14.0. The van der Waals surface area contributed by atoms with E-state index in [0.717, 1.165) is 42.6 Å². The van der Waals surface area contributed by atoms with Gasteiger partial charge in [-0.1, -0.05) is 24.3 Å². The molecule has 3 rings (SSSR count). The number of para-hydroxylation sites is 1. The third-order valence-corrected chi connectivity index (χ3v) is 3.77. The van der Waals surface area contributed by atoms with Gasteiger partial charge in [0.1, 0.15) is 0 Å². The first-order valence-electron chi connectivity index (χ1n) is 8.39. The number of fused-ring (bicyclic) bond motifs is 1. The fraction of sp³-hybridized carbons (Fsp3) is 0.278. The molecule has 0 bridgehead atoms. The fourth-order valence-corrected chi connectivity index (χ4v) is 2.48. The van der Waals surface area contributed by atoms with Crippen molar-refractivity contribution in [2.45, 2.75) is 13.0 Å². The lowest BCUT2D eigenvalue weighted by atomic mass is 10.3. The summed E-state index contributed by atoms with van der Waals surface area (Å²) in [4.78, 5) is 4.24. The first-order valence-corrected chi connectivity index (χ1v) is 8.39. The van der Waals surface area contributed by atoms with Crippen molar-refractivity contribution >= 4 is 41.3 Å². The summed E-state index contributed by atoms with van der Waals surface area (Å²) in [6.07, 6.45) is 2.95. The molecule has 3 N–H and O–H groups in total. The molecular formula is C18H24IN7. The molecule has 138 valence electrons. The minimum atomic E-state index is 0. The van der Waals surface area contributed by atoms with Gasteiger partial charge in [0.2, 0.25) is 0 Å². The number of halogens is 1. The fourth-order valence-electron chi connectivity index (χ4n) is 2.48. The van der Waals surface area contributed by atoms with E-state index in [2.05, 4.69) is 43.3 Å². The van der Waals surface area contributed by atoms with E-state index in [4.69, 9.17) is 0 Å². The van der Waals surface area contributed by atoms with E-state index < -0.39 is 0 Å². The quantitative estimate of drug-likeness (QED) is 0.216. The van der Waals surface area contributed by atoms with Crippen LogP contribution in [0.1, 0.15) is 12.2 Å². The van der Waals surface area contributed by atoms with Crippen LogP contribution in [0.2, 0.25) is 0 Å². The van der Waals surface area contributed by atoms with Gasteiger partial charge in [-0.15, -0.1) is 34.2 Å². The minimum Gasteiger partial charge on any atom is -0.385 e. The standard InChI is InChI=1S/C18H23N7.HI/c1-19-18(21-12-7-11-20-15-8-3-2-4-9-15)22-14-17-24-23-16-10-5-6-13-25(16)17;/h2-6,8-10,13,20H,7,11-12,14H2,1H3,(H2,19,21,22);1H. The molecule has 3 aromatic rings. The van der Waals surface area contributed by atoms with Gasteiger partial charge < -0.3 is 16.0 Å². The Labute approximate surface area is 170 Å². The van der Waals surface area contributed by atoms with Gasteiger partial charge in [0.25, 0.3) is 0 Å². The molecule has 0 spiro atoms. The van der Waals surface area contributed by atoms with Crippen LogP contribution in [-0.4, -0.2) is 40.7 Å². The van der Waals surface area contributed by atoms with E-state index in [1.165, 1.54) is 0 Å². The number of anilines is 1. The molecule has 26 heavy (non-hydrogen) atoms. The number of benzene rings is 1. The summed E-state index contributed by atoms with van der Waals surface area (Å²) >= 11 is 0. The molecule has 0 atom stereocenters. The molecule has 0 saturated heterocycles. The maximum absolute atomic E-state index is 4.24. The van der Waals surface area contributed by atoms with E-state index in [1.54, 1.807) is 7.05 Å². The normalized spacial score (nSPS) is 11.0. The van der Waals surface area contributed by atoms with Crippen molar-refractivity contribution in [2.75, 3.05) is 25.5 Å². The summed E-state index contributed by atoms with van der Waals surface area (Å²) < 4.78 is 1.96. The SMILES string of the molecule is CN=C(NCCCNc1ccccc1)NCc1nnc2ccccn12.I. The van der Waals surface area contributed by atoms with E-state index in [1.807, 2.05) is 47.0 Å². The van der Waals surface area contributed by atoms with E-state index in [9.17, 15) is 0 Å². The monoisotopic (exact) mass is 465 g/mol. The third kappa shape index (κ3) is 5.58. The average Bonchev–Trinajstić information content (AvgIpc) is 3.08. The molecule has 0 aliphatic heterocycles. The number of aromatic nitrogens is 3. The number of pyridine rings is 1. The van der Waals surface area contributed by atoms with Crippen molar-refractivity contribution in [3.63, 3.8) is 0 Å². The lowest BCUT2D eigenvalue weighted by molar-refractivity contribution is 0.740. The van der Waals surface area contributed by atoms with Gasteiger partial charge in [-0.05, 0) is 30.7 Å². The Morgan fingerprint density at radius 1 is 1.00 bits per heavy atom. The van der Waals surface area contributed by atoms with Crippen molar-refractivity contribution in [2.24, 2.45) is 4.99 Å². The number of nitrogens with one attached hydrogen (secondary N) is 3. The molecule has 0 saturated carbocycles. The zero-order valence-electron chi connectivity index (χ0n) is 14.7. The molecule has 2 aromatic heterocycles. The van der Waals surface area contributed by atoms with Crippen LogP contribution in [0.4, 0.5) is 5.69 Å². The Morgan fingerprint density at radius 3 is 2.62 bits per heavy atom. The molecule has 0 radical (unpaired) electrons. The van der Waals surface area contributed by atoms with Crippen LogP contribution in [0, 0.1) is 0 Å². The summed E-state index contributed by atoms with van der Waals surface area (Å²) in [5, 5.41) is 18.3. The van der Waals surface area contributed by atoms with Gasteiger partial charge >= 0.3 is 0 Å². The Hall–Kier alpha value is -2.36. The van der Waals surface area contributed by atoms with E-state index in [-0.39, 0.29) is 24.0 Å². The second kappa shape index (κ2) is 10.6. The summed E-state index contributed by atoms with van der Waals surface area (Å²) in [6, 6.07) is 16.1. The van der Waals surface area contributed by atoms with Gasteiger partial charge in [0, 0.05) is 32.0 Å². The smallest absolute Gasteiger partial charge is 0.191 e. The van der Waals surface area contributed by atoms with Crippen LogP contribution in [-0.2, 0) is 6.54 Å². The van der Waals surface area contributed by atoms with E-state index >= 15 is 0 Å². The molecule has 0 amide bonds. The van der Waals surface area contributed by atoms with Crippen molar-refractivity contribution in [1.29, 1.82) is 0 Å². The van der Waals surface area contributed by atoms with Crippen LogP contribution in [0.15, 0.2) is 59.7 Å². The largest absolute Gasteiger partial charge is 0.385 e. The van der Waals surface area contributed by atoms with Gasteiger partial charge in [0.05, 0.1) is 6.54 Å². The second-order valence-electron chi connectivity index (χ2n) is 5.54. The first kappa shape index (κ1) is 20.0. The van der Waals surface area contributed by atoms with Gasteiger partial charge in [-0.25, -0.2) is 0 Å². The molecular weight excluding hydrogens is 441 g/mol. The predicted molar refractivity (Wildman–Crippen MR) is 116 cm³/mol. The maximum atomic E-state index is 4.24. The first-order chi connectivity index (χ1) is 12.4. The highest BCUT2D eigenvalue weighted by atomic mass is 127. The molecule has 0 unspecified atom stereocenters. The maximum Gasteiger partial charge on any atom is 0.191 e. The lowest BCUT2D eigenvalue weighted by Crippen LogP contribution is -2.38. The average molecular weight is 465 g/mol. The summed E-state index contributed by atoms with van der Waals surface area (Å²) in [6.45, 7) is 2.30. The van der Waals surface area contributed by atoms with Crippen LogP contribution in [0.5, 0.6) is 0 Å². The number of aliphatic imine (C=N–C) groups is 1. The molecule has 8 heteroatoms. The topological polar surface area (TPSA) is 78.6 Å². The van der Waals surface area contributed by atoms with E-state index in [0.29, 0.717) is 6.54 Å². The Kier molecular flexibility index (Phi) is 8.13. The Bertz CT molecular complexity index is 817. The zero-order valence-corrected chi connectivity index (χ0v) is 17.1. The number of nitrogens with zero attached hydrogens (tertiary/aromatic N) is 4. The van der Waals surface area contributed by atoms with Gasteiger partial charge in [0.15, 0.2) is 17.4 Å². The van der Waals surface area contributed by atoms with Gasteiger partial charge in [-0.3, -0.25) is 9.39 Å². The zero-order chi connectivity index (χ0) is 17.3. The number of rotatable bonds is 7. The molecule has 0 fully saturated rings. The van der Waals surface area contributed by atoms with Crippen LogP contribution in [0.3, 0.4) is 0 Å². The lowest BCUT2D eigenvalue weighted by Gasteiger charge is -2.12. The summed E-state index contributed by atoms with van der Waals surface area (Å²) in [5.74, 6) is 1.61. The predicted octanol–water partition coefficient (Wildman–Crippen LogP) is 2.51. The van der Waals surface area contributed by atoms with Crippen molar-refractivity contribution in [1.82, 2.24) is 25.2 Å². The molecule has 1 aromatic carbocycles. The minimum absolute atomic E-state index is 0. The summed E-state index contributed by atoms with van der Waals surface area (Å²) in [5.41, 5.74) is 1.98. The van der Waals surface area contributed by atoms with Crippen LogP contribution in [0.25, 0.3) is 5.65 Å². The Balaban J connectivity index is 0.00000243. The summed E-state index contributed by atoms with van der Waals surface area (Å²) in [7, 11) is 1.76. The second-order valence-corrected chi connectivity index (χ2v) is 5.54. The Morgan fingerprint density at radius 2 is 1.81 bits per heavy atom. The highest BCUT2D eigenvalue weighted by Gasteiger charge is 2.05. The van der Waals surface area contributed by atoms with Crippen molar-refractivity contribution in [3.05, 3.63) is 60.6 Å². The third-order valence-electron chi connectivity index (χ3n) is 3.77. The molecule has 0 aliphatic carbocycles. The molecule has 2 heterocycles. The number of hydrogen-bond acceptors (Lipinski definition) is 4. The molecule has 7 nitrogen and oxygen atoms in total. The highest BCUT2D eigenvalue weighted by Crippen LogP contribution is 2.04. The van der Waals surface area contributed by atoms with Crippen molar-refractivity contribution < 1.29 is 0 Å². The van der Waals surface area contributed by atoms with Crippen molar-refractivity contribution in [3.8, 4) is 0 Å². The van der Waals surface area contributed by atoms with Crippen LogP contribution >= 0.6 is 24.0 Å². The van der Waals surface area contributed by atoms with Crippen LogP contribution < -0.4 is 16.0 Å².